The molecule has 0 atom stereocenters. The average molecular weight is 313 g/mol. The van der Waals surface area contributed by atoms with Crippen molar-refractivity contribution in [3.05, 3.63) is 49.5 Å². The van der Waals surface area contributed by atoms with Crippen molar-refractivity contribution in [2.45, 2.75) is 16.6 Å². The second kappa shape index (κ2) is 6.25. The molecule has 2 aromatic rings. The van der Waals surface area contributed by atoms with Gasteiger partial charge in [-0.1, -0.05) is 11.6 Å². The van der Waals surface area contributed by atoms with Gasteiger partial charge in [0.1, 0.15) is 0 Å². The lowest BCUT2D eigenvalue weighted by Crippen LogP contribution is -2.33. The minimum absolute atomic E-state index is 0.411. The number of nitrogens with one attached hydrogen (secondary N) is 2. The van der Waals surface area contributed by atoms with Crippen molar-refractivity contribution in [2.75, 3.05) is 7.05 Å². The molecule has 1 heterocycles. The minimum atomic E-state index is -0.797. The normalized spacial score (nSPS) is 10.8. The molecule has 1 aromatic carbocycles. The Kier molecular flexibility index (Phi) is 4.64. The Bertz CT molecular complexity index is 741. The summed E-state index contributed by atoms with van der Waals surface area (Å²) in [5.74, 6) is 0. The molecule has 0 amide bonds. The summed E-state index contributed by atoms with van der Waals surface area (Å²) in [7, 11) is 3.47. The third kappa shape index (κ3) is 3.30. The number of hydrogen-bond acceptors (Lipinski definition) is 5. The summed E-state index contributed by atoms with van der Waals surface area (Å²) in [5, 5.41) is 6.52. The van der Waals surface area contributed by atoms with Crippen LogP contribution in [0.4, 0.5) is 0 Å². The Morgan fingerprint density at radius 2 is 2.20 bits per heavy atom. The summed E-state index contributed by atoms with van der Waals surface area (Å²) >= 11 is 7.27. The molecule has 0 unspecified atom stereocenters. The van der Waals surface area contributed by atoms with Crippen LogP contribution in [0.15, 0.2) is 37.8 Å². The van der Waals surface area contributed by atoms with Gasteiger partial charge in [0, 0.05) is 23.5 Å². The molecular weight excluding hydrogens is 300 g/mol. The van der Waals surface area contributed by atoms with Gasteiger partial charge in [-0.05, 0) is 42.6 Å². The molecule has 0 saturated heterocycles. The van der Waals surface area contributed by atoms with Crippen LogP contribution in [-0.4, -0.2) is 21.8 Å². The highest BCUT2D eigenvalue weighted by atomic mass is 35.5. The monoisotopic (exact) mass is 312 g/mol. The lowest BCUT2D eigenvalue weighted by atomic mass is 10.2. The largest absolute Gasteiger partial charge is 0.339 e. The molecule has 106 valence electrons. The predicted octanol–water partition coefficient (Wildman–Crippen LogP) is 0.993. The van der Waals surface area contributed by atoms with Crippen molar-refractivity contribution >= 4 is 23.4 Å². The molecule has 1 aromatic heterocycles. The highest BCUT2D eigenvalue weighted by Crippen LogP contribution is 2.29. The van der Waals surface area contributed by atoms with Gasteiger partial charge in [-0.2, -0.15) is 4.98 Å². The van der Waals surface area contributed by atoms with Crippen LogP contribution in [0, 0.1) is 0 Å². The zero-order valence-electron chi connectivity index (χ0n) is 10.9. The molecule has 0 spiro atoms. The fourth-order valence-electron chi connectivity index (χ4n) is 1.63. The standard InChI is InChI=1S/C12H13ClN4O2S/c1-14-6-7-5-8(13)3-4-9(7)20-12-15-10(18)11(19)16-17(12)2/h3-5,14H,6H2,1-2H3,(H,16,19). The highest BCUT2D eigenvalue weighted by Gasteiger charge is 2.10. The zero-order chi connectivity index (χ0) is 14.7. The fraction of sp³-hybridized carbons (Fsp3) is 0.250. The number of aromatic nitrogens is 3. The summed E-state index contributed by atoms with van der Waals surface area (Å²) in [6.07, 6.45) is 0. The molecule has 0 radical (unpaired) electrons. The van der Waals surface area contributed by atoms with Crippen LogP contribution in [0.2, 0.25) is 5.02 Å². The van der Waals surface area contributed by atoms with Crippen LogP contribution in [-0.2, 0) is 13.6 Å². The number of nitrogens with zero attached hydrogens (tertiary/aromatic N) is 2. The summed E-state index contributed by atoms with van der Waals surface area (Å²) in [4.78, 5) is 27.2. The molecule has 0 bridgehead atoms. The number of hydrogen-bond donors (Lipinski definition) is 2. The number of rotatable bonds is 4. The van der Waals surface area contributed by atoms with E-state index in [9.17, 15) is 9.59 Å². The molecular formula is C12H13ClN4O2S. The predicted molar refractivity (Wildman–Crippen MR) is 78.4 cm³/mol. The third-order valence-corrected chi connectivity index (χ3v) is 3.94. The molecule has 0 fully saturated rings. The average Bonchev–Trinajstić information content (AvgIpc) is 2.39. The summed E-state index contributed by atoms with van der Waals surface area (Å²) in [6, 6.07) is 5.48. The molecule has 2 N–H and O–H groups in total. The van der Waals surface area contributed by atoms with E-state index in [4.69, 9.17) is 11.6 Å². The number of aryl methyl sites for hydroxylation is 1. The van der Waals surface area contributed by atoms with Gasteiger partial charge in [0.05, 0.1) is 0 Å². The fourth-order valence-corrected chi connectivity index (χ4v) is 2.73. The van der Waals surface area contributed by atoms with Crippen LogP contribution in [0.3, 0.4) is 0 Å². The maximum Gasteiger partial charge on any atom is 0.339 e. The smallest absolute Gasteiger partial charge is 0.316 e. The quantitative estimate of drug-likeness (QED) is 0.823. The molecule has 0 aliphatic carbocycles. The van der Waals surface area contributed by atoms with Crippen LogP contribution >= 0.6 is 23.4 Å². The first-order valence-electron chi connectivity index (χ1n) is 5.79. The van der Waals surface area contributed by atoms with Gasteiger partial charge in [0.2, 0.25) is 0 Å². The first-order chi connectivity index (χ1) is 9.51. The Labute approximate surface area is 124 Å². The Balaban J connectivity index is 2.42. The van der Waals surface area contributed by atoms with Gasteiger partial charge in [-0.25, -0.2) is 0 Å². The maximum atomic E-state index is 11.3. The van der Waals surface area contributed by atoms with E-state index >= 15 is 0 Å². The lowest BCUT2D eigenvalue weighted by Gasteiger charge is -2.10. The molecule has 0 aliphatic heterocycles. The van der Waals surface area contributed by atoms with Gasteiger partial charge in [0.15, 0.2) is 5.16 Å². The lowest BCUT2D eigenvalue weighted by molar-refractivity contribution is 0.596. The minimum Gasteiger partial charge on any atom is -0.316 e. The molecule has 0 aliphatic rings. The van der Waals surface area contributed by atoms with Crippen LogP contribution < -0.4 is 16.4 Å². The van der Waals surface area contributed by atoms with Crippen molar-refractivity contribution < 1.29 is 0 Å². The first-order valence-corrected chi connectivity index (χ1v) is 6.99. The number of H-pyrrole nitrogens is 1. The van der Waals surface area contributed by atoms with Gasteiger partial charge < -0.3 is 5.32 Å². The molecule has 2 rings (SSSR count). The van der Waals surface area contributed by atoms with E-state index in [1.165, 1.54) is 16.4 Å². The Morgan fingerprint density at radius 1 is 1.45 bits per heavy atom. The topological polar surface area (TPSA) is 79.8 Å². The summed E-state index contributed by atoms with van der Waals surface area (Å²) in [6.45, 7) is 0.639. The van der Waals surface area contributed by atoms with E-state index in [1.807, 2.05) is 19.2 Å². The van der Waals surface area contributed by atoms with Gasteiger partial charge in [-0.15, -0.1) is 0 Å². The van der Waals surface area contributed by atoms with Crippen LogP contribution in [0.25, 0.3) is 0 Å². The first kappa shape index (κ1) is 14.8. The van der Waals surface area contributed by atoms with Crippen LogP contribution in [0.1, 0.15) is 5.56 Å². The molecule has 8 heteroatoms. The number of benzene rings is 1. The Morgan fingerprint density at radius 3 is 2.90 bits per heavy atom. The number of aromatic amines is 1. The van der Waals surface area contributed by atoms with E-state index in [1.54, 1.807) is 13.1 Å². The SMILES string of the molecule is CNCc1cc(Cl)ccc1Sc1nc(=O)c(=O)[nH]n1C. The van der Waals surface area contributed by atoms with Crippen molar-refractivity contribution in [2.24, 2.45) is 7.05 Å². The van der Waals surface area contributed by atoms with Gasteiger partial charge in [0.25, 0.3) is 0 Å². The van der Waals surface area contributed by atoms with Crippen LogP contribution in [0.5, 0.6) is 0 Å². The van der Waals surface area contributed by atoms with Crippen molar-refractivity contribution in [1.82, 2.24) is 20.1 Å². The van der Waals surface area contributed by atoms with Crippen molar-refractivity contribution in [3.63, 3.8) is 0 Å². The Hall–Kier alpha value is -1.57. The second-order valence-corrected chi connectivity index (χ2v) is 5.53. The zero-order valence-corrected chi connectivity index (χ0v) is 12.5. The van der Waals surface area contributed by atoms with Crippen molar-refractivity contribution in [1.29, 1.82) is 0 Å². The summed E-state index contributed by atoms with van der Waals surface area (Å²) in [5.41, 5.74) is -0.538. The number of halogens is 1. The maximum absolute atomic E-state index is 11.3. The highest BCUT2D eigenvalue weighted by molar-refractivity contribution is 7.99. The molecule has 20 heavy (non-hydrogen) atoms. The summed E-state index contributed by atoms with van der Waals surface area (Å²) < 4.78 is 1.42. The van der Waals surface area contributed by atoms with Gasteiger partial charge >= 0.3 is 11.1 Å². The van der Waals surface area contributed by atoms with E-state index < -0.39 is 11.1 Å². The van der Waals surface area contributed by atoms with E-state index in [0.717, 1.165) is 10.5 Å². The van der Waals surface area contributed by atoms with Crippen molar-refractivity contribution in [3.8, 4) is 0 Å². The molecule has 0 saturated carbocycles. The third-order valence-electron chi connectivity index (χ3n) is 2.54. The van der Waals surface area contributed by atoms with E-state index in [2.05, 4.69) is 15.4 Å². The van der Waals surface area contributed by atoms with E-state index in [0.29, 0.717) is 16.7 Å². The molecule has 6 nitrogen and oxygen atoms in total. The second-order valence-electron chi connectivity index (χ2n) is 4.08. The van der Waals surface area contributed by atoms with Gasteiger partial charge in [-0.3, -0.25) is 19.4 Å². The van der Waals surface area contributed by atoms with E-state index in [-0.39, 0.29) is 0 Å².